The maximum absolute atomic E-state index is 12.5. The Hall–Kier alpha value is -0.950. The molecule has 0 saturated carbocycles. The van der Waals surface area contributed by atoms with Gasteiger partial charge in [0.1, 0.15) is 6.04 Å². The molecule has 6 nitrogen and oxygen atoms in total. The molecule has 120 valence electrons. The first-order valence-corrected chi connectivity index (χ1v) is 8.62. The molecule has 2 amide bonds. The fourth-order valence-corrected chi connectivity index (χ4v) is 4.36. The standard InChI is InChI=1S/C14H25N3O3S/c1-4-12-17(11(8-21-12)13(18)19)14(20)15-10-5-6-16(3)9(2)7-10/h9-12H,4-8H2,1-3H3,(H,15,20)(H,18,19). The van der Waals surface area contributed by atoms with Crippen LogP contribution in [0.15, 0.2) is 0 Å². The quantitative estimate of drug-likeness (QED) is 0.824. The SMILES string of the molecule is CCC1SCC(C(=O)O)N1C(=O)NC1CCN(C)C(C)C1. The van der Waals surface area contributed by atoms with E-state index >= 15 is 0 Å². The Morgan fingerprint density at radius 2 is 2.14 bits per heavy atom. The number of hydrogen-bond acceptors (Lipinski definition) is 4. The van der Waals surface area contributed by atoms with Crippen LogP contribution >= 0.6 is 11.8 Å². The number of nitrogens with one attached hydrogen (secondary N) is 1. The summed E-state index contributed by atoms with van der Waals surface area (Å²) in [5.74, 6) is -0.434. The first kappa shape index (κ1) is 16.4. The Bertz CT molecular complexity index is 407. The minimum Gasteiger partial charge on any atom is -0.480 e. The van der Waals surface area contributed by atoms with E-state index in [0.29, 0.717) is 11.8 Å². The lowest BCUT2D eigenvalue weighted by Crippen LogP contribution is -2.55. The summed E-state index contributed by atoms with van der Waals surface area (Å²) in [6.45, 7) is 5.10. The van der Waals surface area contributed by atoms with E-state index in [1.807, 2.05) is 6.92 Å². The molecule has 0 radical (unpaired) electrons. The second-order valence-corrected chi connectivity index (χ2v) is 7.17. The van der Waals surface area contributed by atoms with Crippen molar-refractivity contribution in [1.29, 1.82) is 0 Å². The van der Waals surface area contributed by atoms with Crippen LogP contribution in [0, 0.1) is 0 Å². The Morgan fingerprint density at radius 1 is 1.43 bits per heavy atom. The molecule has 7 heteroatoms. The highest BCUT2D eigenvalue weighted by Gasteiger charge is 2.41. The van der Waals surface area contributed by atoms with Crippen LogP contribution < -0.4 is 5.32 Å². The van der Waals surface area contributed by atoms with Crippen molar-refractivity contribution in [3.05, 3.63) is 0 Å². The monoisotopic (exact) mass is 315 g/mol. The molecule has 21 heavy (non-hydrogen) atoms. The molecule has 0 aromatic carbocycles. The fourth-order valence-electron chi connectivity index (χ4n) is 3.01. The molecule has 2 aliphatic heterocycles. The van der Waals surface area contributed by atoms with Gasteiger partial charge in [0.2, 0.25) is 0 Å². The largest absolute Gasteiger partial charge is 0.480 e. The van der Waals surface area contributed by atoms with Crippen molar-refractivity contribution >= 4 is 23.8 Å². The molecule has 0 aromatic heterocycles. The van der Waals surface area contributed by atoms with Crippen LogP contribution in [0.2, 0.25) is 0 Å². The minimum atomic E-state index is -0.912. The summed E-state index contributed by atoms with van der Waals surface area (Å²) < 4.78 is 0. The van der Waals surface area contributed by atoms with Crippen LogP contribution in [0.1, 0.15) is 33.1 Å². The summed E-state index contributed by atoms with van der Waals surface area (Å²) in [7, 11) is 2.09. The van der Waals surface area contributed by atoms with Crippen molar-refractivity contribution in [1.82, 2.24) is 15.1 Å². The van der Waals surface area contributed by atoms with Gasteiger partial charge >= 0.3 is 12.0 Å². The average Bonchev–Trinajstić information content (AvgIpc) is 2.87. The zero-order valence-corrected chi connectivity index (χ0v) is 13.7. The van der Waals surface area contributed by atoms with Gasteiger partial charge in [0, 0.05) is 24.4 Å². The molecule has 2 heterocycles. The highest BCUT2D eigenvalue weighted by Crippen LogP contribution is 2.31. The van der Waals surface area contributed by atoms with Crippen LogP contribution in [-0.2, 0) is 4.79 Å². The number of urea groups is 1. The number of carboxylic acid groups (broad SMARTS) is 1. The third kappa shape index (κ3) is 3.63. The summed E-state index contributed by atoms with van der Waals surface area (Å²) in [6, 6.07) is -0.347. The molecule has 2 saturated heterocycles. The normalized spacial score (nSPS) is 34.0. The van der Waals surface area contributed by atoms with Crippen molar-refractivity contribution in [3.8, 4) is 0 Å². The van der Waals surface area contributed by atoms with Crippen molar-refractivity contribution in [2.45, 2.75) is 56.6 Å². The smallest absolute Gasteiger partial charge is 0.327 e. The number of carboxylic acids is 1. The molecular weight excluding hydrogens is 290 g/mol. The number of piperidine rings is 1. The number of likely N-dealkylation sites (tertiary alicyclic amines) is 1. The number of hydrogen-bond donors (Lipinski definition) is 2. The number of rotatable bonds is 3. The number of aliphatic carboxylic acids is 1. The second kappa shape index (κ2) is 6.87. The lowest BCUT2D eigenvalue weighted by Gasteiger charge is -2.37. The predicted octanol–water partition coefficient (Wildman–Crippen LogP) is 1.42. The molecule has 0 aliphatic carbocycles. The molecule has 2 aliphatic rings. The van der Waals surface area contributed by atoms with E-state index in [2.05, 4.69) is 24.2 Å². The van der Waals surface area contributed by atoms with E-state index < -0.39 is 12.0 Å². The minimum absolute atomic E-state index is 0.0326. The van der Waals surface area contributed by atoms with Crippen molar-refractivity contribution in [2.24, 2.45) is 0 Å². The van der Waals surface area contributed by atoms with Gasteiger partial charge in [-0.15, -0.1) is 11.8 Å². The summed E-state index contributed by atoms with van der Waals surface area (Å²) >= 11 is 1.55. The van der Waals surface area contributed by atoms with Crippen molar-refractivity contribution in [2.75, 3.05) is 19.3 Å². The van der Waals surface area contributed by atoms with Crippen molar-refractivity contribution < 1.29 is 14.7 Å². The molecule has 4 unspecified atom stereocenters. The third-order valence-corrected chi connectivity index (χ3v) is 5.95. The van der Waals surface area contributed by atoms with E-state index in [-0.39, 0.29) is 17.4 Å². The molecule has 0 aromatic rings. The number of nitrogens with zero attached hydrogens (tertiary/aromatic N) is 2. The Balaban J connectivity index is 1.99. The molecule has 2 N–H and O–H groups in total. The van der Waals surface area contributed by atoms with Gasteiger partial charge in [-0.25, -0.2) is 9.59 Å². The highest BCUT2D eigenvalue weighted by molar-refractivity contribution is 8.00. The molecule has 0 spiro atoms. The summed E-state index contributed by atoms with van der Waals surface area (Å²) in [5, 5.41) is 12.3. The summed E-state index contributed by atoms with van der Waals surface area (Å²) in [6.07, 6.45) is 2.60. The van der Waals surface area contributed by atoms with E-state index in [4.69, 9.17) is 0 Å². The maximum Gasteiger partial charge on any atom is 0.327 e. The Labute approximate surface area is 130 Å². The van der Waals surface area contributed by atoms with Gasteiger partial charge in [-0.2, -0.15) is 0 Å². The van der Waals surface area contributed by atoms with Crippen molar-refractivity contribution in [3.63, 3.8) is 0 Å². The average molecular weight is 315 g/mol. The van der Waals surface area contributed by atoms with Gasteiger partial charge in [-0.3, -0.25) is 4.90 Å². The predicted molar refractivity (Wildman–Crippen MR) is 83.4 cm³/mol. The summed E-state index contributed by atoms with van der Waals surface area (Å²) in [4.78, 5) is 27.6. The van der Waals surface area contributed by atoms with Crippen LogP contribution in [0.5, 0.6) is 0 Å². The topological polar surface area (TPSA) is 72.9 Å². The lowest BCUT2D eigenvalue weighted by atomic mass is 9.99. The van der Waals surface area contributed by atoms with E-state index in [0.717, 1.165) is 25.8 Å². The number of thioether (sulfide) groups is 1. The first-order chi connectivity index (χ1) is 9.93. The second-order valence-electron chi connectivity index (χ2n) is 5.96. The number of amides is 2. The zero-order valence-electron chi connectivity index (χ0n) is 12.9. The molecule has 2 rings (SSSR count). The highest BCUT2D eigenvalue weighted by atomic mass is 32.2. The lowest BCUT2D eigenvalue weighted by molar-refractivity contribution is -0.141. The molecule has 4 atom stereocenters. The van der Waals surface area contributed by atoms with E-state index in [9.17, 15) is 14.7 Å². The molecular formula is C14H25N3O3S. The maximum atomic E-state index is 12.5. The van der Waals surface area contributed by atoms with Gasteiger partial charge in [0.05, 0.1) is 5.37 Å². The third-order valence-electron chi connectivity index (χ3n) is 4.50. The van der Waals surface area contributed by atoms with Crippen LogP contribution in [-0.4, -0.2) is 69.8 Å². The van der Waals surface area contributed by atoms with Gasteiger partial charge in [-0.1, -0.05) is 6.92 Å². The number of carbonyl (C=O) groups is 2. The Kier molecular flexibility index (Phi) is 5.37. The van der Waals surface area contributed by atoms with E-state index in [1.165, 1.54) is 4.90 Å². The van der Waals surface area contributed by atoms with Crippen LogP contribution in [0.25, 0.3) is 0 Å². The first-order valence-electron chi connectivity index (χ1n) is 7.57. The van der Waals surface area contributed by atoms with Gasteiger partial charge in [0.25, 0.3) is 0 Å². The Morgan fingerprint density at radius 3 is 2.71 bits per heavy atom. The van der Waals surface area contributed by atoms with Crippen LogP contribution in [0.4, 0.5) is 4.79 Å². The number of carbonyl (C=O) groups excluding carboxylic acids is 1. The van der Waals surface area contributed by atoms with Gasteiger partial charge in [0.15, 0.2) is 0 Å². The summed E-state index contributed by atoms with van der Waals surface area (Å²) in [5.41, 5.74) is 0. The van der Waals surface area contributed by atoms with E-state index in [1.54, 1.807) is 11.8 Å². The fraction of sp³-hybridized carbons (Fsp3) is 0.857. The molecule has 0 bridgehead atoms. The van der Waals surface area contributed by atoms with Gasteiger partial charge < -0.3 is 15.3 Å². The van der Waals surface area contributed by atoms with Gasteiger partial charge in [-0.05, 0) is 33.2 Å². The molecule has 2 fully saturated rings. The van der Waals surface area contributed by atoms with Crippen LogP contribution in [0.3, 0.4) is 0 Å². The zero-order chi connectivity index (χ0) is 15.6.